The maximum atomic E-state index is 13.1. The van der Waals surface area contributed by atoms with E-state index in [1.54, 1.807) is 12.1 Å². The number of fused-ring (bicyclic) bond motifs is 1. The van der Waals surface area contributed by atoms with Crippen molar-refractivity contribution in [3.05, 3.63) is 53.7 Å². The Morgan fingerprint density at radius 2 is 2.33 bits per heavy atom. The smallest absolute Gasteiger partial charge is 0.262 e. The van der Waals surface area contributed by atoms with Crippen LogP contribution in [0.2, 0.25) is 0 Å². The molecule has 2 aromatic rings. The molecule has 1 aromatic carbocycles. The van der Waals surface area contributed by atoms with Gasteiger partial charge in [-0.15, -0.1) is 0 Å². The Bertz CT molecular complexity index is 641. The van der Waals surface area contributed by atoms with E-state index in [0.29, 0.717) is 23.5 Å². The highest BCUT2D eigenvalue weighted by Gasteiger charge is 2.31. The summed E-state index contributed by atoms with van der Waals surface area (Å²) in [6.45, 7) is -0.284. The standard InChI is InChI=1S/C15H14FNO4/c16-10-3-4-12-9(6-10)7-14(21-12)15(19)17-11(8-18)13-2-1-5-20-13/h1-6,11,14,18H,7-8H2,(H,17,19). The molecule has 2 heterocycles. The van der Waals surface area contributed by atoms with Crippen LogP contribution < -0.4 is 10.1 Å². The number of amides is 1. The molecule has 0 spiro atoms. The minimum absolute atomic E-state index is 0.284. The van der Waals surface area contributed by atoms with Crippen molar-refractivity contribution in [3.63, 3.8) is 0 Å². The monoisotopic (exact) mass is 291 g/mol. The Hall–Kier alpha value is -2.34. The van der Waals surface area contributed by atoms with E-state index >= 15 is 0 Å². The van der Waals surface area contributed by atoms with E-state index in [0.717, 1.165) is 0 Å². The van der Waals surface area contributed by atoms with Crippen LogP contribution in [-0.2, 0) is 11.2 Å². The van der Waals surface area contributed by atoms with E-state index in [9.17, 15) is 14.3 Å². The van der Waals surface area contributed by atoms with Gasteiger partial charge in [-0.25, -0.2) is 4.39 Å². The van der Waals surface area contributed by atoms with Crippen LogP contribution in [-0.4, -0.2) is 23.7 Å². The van der Waals surface area contributed by atoms with Gasteiger partial charge in [0.15, 0.2) is 6.10 Å². The van der Waals surface area contributed by atoms with Crippen LogP contribution in [0, 0.1) is 5.82 Å². The summed E-state index contributed by atoms with van der Waals surface area (Å²) < 4.78 is 23.8. The molecular formula is C15H14FNO4. The van der Waals surface area contributed by atoms with Crippen LogP contribution in [0.5, 0.6) is 5.75 Å². The fraction of sp³-hybridized carbons (Fsp3) is 0.267. The average Bonchev–Trinajstić information content (AvgIpc) is 3.12. The zero-order valence-electron chi connectivity index (χ0n) is 11.1. The molecule has 2 N–H and O–H groups in total. The van der Waals surface area contributed by atoms with Gasteiger partial charge in [0.1, 0.15) is 23.4 Å². The molecule has 3 rings (SSSR count). The minimum atomic E-state index is -0.731. The van der Waals surface area contributed by atoms with E-state index in [4.69, 9.17) is 9.15 Å². The molecule has 0 saturated carbocycles. The second kappa shape index (κ2) is 5.57. The maximum Gasteiger partial charge on any atom is 0.262 e. The van der Waals surface area contributed by atoms with Crippen molar-refractivity contribution in [1.29, 1.82) is 0 Å². The van der Waals surface area contributed by atoms with Crippen molar-refractivity contribution in [2.45, 2.75) is 18.6 Å². The van der Waals surface area contributed by atoms with Gasteiger partial charge in [0, 0.05) is 12.0 Å². The van der Waals surface area contributed by atoms with Crippen LogP contribution in [0.15, 0.2) is 41.0 Å². The lowest BCUT2D eigenvalue weighted by molar-refractivity contribution is -0.128. The third kappa shape index (κ3) is 2.75. The van der Waals surface area contributed by atoms with Gasteiger partial charge in [0.05, 0.1) is 12.9 Å². The molecule has 5 nitrogen and oxygen atoms in total. The van der Waals surface area contributed by atoms with Crippen molar-refractivity contribution in [2.75, 3.05) is 6.61 Å². The lowest BCUT2D eigenvalue weighted by Crippen LogP contribution is -2.40. The number of halogens is 1. The number of carbonyl (C=O) groups excluding carboxylic acids is 1. The summed E-state index contributed by atoms with van der Waals surface area (Å²) in [6.07, 6.45) is 1.04. The predicted octanol–water partition coefficient (Wildman–Crippen LogP) is 1.57. The summed E-state index contributed by atoms with van der Waals surface area (Å²) in [5.74, 6) is 0.242. The average molecular weight is 291 g/mol. The number of furan rings is 1. The van der Waals surface area contributed by atoms with Gasteiger partial charge in [-0.1, -0.05) is 0 Å². The highest BCUT2D eigenvalue weighted by molar-refractivity contribution is 5.82. The zero-order valence-corrected chi connectivity index (χ0v) is 11.1. The second-order valence-corrected chi connectivity index (χ2v) is 4.82. The largest absolute Gasteiger partial charge is 0.480 e. The second-order valence-electron chi connectivity index (χ2n) is 4.82. The SMILES string of the molecule is O=C(NC(CO)c1ccco1)C1Cc2cc(F)ccc2O1. The van der Waals surface area contributed by atoms with Crippen LogP contribution in [0.25, 0.3) is 0 Å². The van der Waals surface area contributed by atoms with E-state index in [2.05, 4.69) is 5.32 Å². The number of hydrogen-bond donors (Lipinski definition) is 2. The molecule has 1 aliphatic rings. The van der Waals surface area contributed by atoms with Gasteiger partial charge in [-0.05, 0) is 30.3 Å². The van der Waals surface area contributed by atoms with Crippen LogP contribution in [0.4, 0.5) is 4.39 Å². The van der Waals surface area contributed by atoms with E-state index < -0.39 is 12.1 Å². The maximum absolute atomic E-state index is 13.1. The lowest BCUT2D eigenvalue weighted by atomic mass is 10.1. The summed E-state index contributed by atoms with van der Waals surface area (Å²) >= 11 is 0. The van der Waals surface area contributed by atoms with Crippen molar-refractivity contribution in [2.24, 2.45) is 0 Å². The first-order valence-electron chi connectivity index (χ1n) is 6.57. The van der Waals surface area contributed by atoms with Gasteiger partial charge in [-0.3, -0.25) is 4.79 Å². The fourth-order valence-corrected chi connectivity index (χ4v) is 2.32. The summed E-state index contributed by atoms with van der Waals surface area (Å²) in [5, 5.41) is 12.0. The molecule has 0 bridgehead atoms. The topological polar surface area (TPSA) is 71.7 Å². The van der Waals surface area contributed by atoms with Crippen molar-refractivity contribution in [1.82, 2.24) is 5.32 Å². The van der Waals surface area contributed by atoms with E-state index in [1.165, 1.54) is 24.5 Å². The summed E-state index contributed by atoms with van der Waals surface area (Å²) in [5.41, 5.74) is 0.661. The molecule has 0 radical (unpaired) electrons. The van der Waals surface area contributed by atoms with Crippen molar-refractivity contribution in [3.8, 4) is 5.75 Å². The van der Waals surface area contributed by atoms with Crippen LogP contribution in [0.1, 0.15) is 17.4 Å². The summed E-state index contributed by atoms with van der Waals surface area (Å²) in [7, 11) is 0. The normalized spacial score (nSPS) is 17.9. The molecule has 110 valence electrons. The third-order valence-electron chi connectivity index (χ3n) is 3.38. The van der Waals surface area contributed by atoms with E-state index in [1.807, 2.05) is 0 Å². The molecule has 1 aliphatic heterocycles. The number of aliphatic hydroxyl groups excluding tert-OH is 1. The first-order chi connectivity index (χ1) is 10.2. The number of benzene rings is 1. The molecule has 1 aromatic heterocycles. The first-order valence-corrected chi connectivity index (χ1v) is 6.57. The lowest BCUT2D eigenvalue weighted by Gasteiger charge is -2.17. The molecule has 1 amide bonds. The minimum Gasteiger partial charge on any atom is -0.480 e. The number of rotatable bonds is 4. The van der Waals surface area contributed by atoms with Gasteiger partial charge in [0.25, 0.3) is 5.91 Å². The van der Waals surface area contributed by atoms with E-state index in [-0.39, 0.29) is 18.3 Å². The number of ether oxygens (including phenoxy) is 1. The molecule has 0 saturated heterocycles. The summed E-state index contributed by atoms with van der Waals surface area (Å²) in [6, 6.07) is 6.87. The molecule has 2 atom stereocenters. The number of nitrogens with one attached hydrogen (secondary N) is 1. The fourth-order valence-electron chi connectivity index (χ4n) is 2.32. The highest BCUT2D eigenvalue weighted by atomic mass is 19.1. The summed E-state index contributed by atoms with van der Waals surface area (Å²) in [4.78, 5) is 12.2. The molecule has 21 heavy (non-hydrogen) atoms. The zero-order chi connectivity index (χ0) is 14.8. The predicted molar refractivity (Wildman–Crippen MR) is 71.2 cm³/mol. The van der Waals surface area contributed by atoms with Gasteiger partial charge in [-0.2, -0.15) is 0 Å². The quantitative estimate of drug-likeness (QED) is 0.897. The van der Waals surface area contributed by atoms with Gasteiger partial charge >= 0.3 is 0 Å². The molecule has 0 aliphatic carbocycles. The third-order valence-corrected chi connectivity index (χ3v) is 3.38. The molecular weight excluding hydrogens is 277 g/mol. The first kappa shape index (κ1) is 13.6. The van der Waals surface area contributed by atoms with Crippen LogP contribution >= 0.6 is 0 Å². The number of carbonyl (C=O) groups is 1. The Balaban J connectivity index is 1.67. The van der Waals surface area contributed by atoms with Crippen LogP contribution in [0.3, 0.4) is 0 Å². The Labute approximate surface area is 120 Å². The van der Waals surface area contributed by atoms with Crippen molar-refractivity contribution >= 4 is 5.91 Å². The Kier molecular flexibility index (Phi) is 3.62. The molecule has 0 fully saturated rings. The Morgan fingerprint density at radius 3 is 3.05 bits per heavy atom. The molecule has 2 unspecified atom stereocenters. The number of aliphatic hydroxyl groups is 1. The molecule has 6 heteroatoms. The highest BCUT2D eigenvalue weighted by Crippen LogP contribution is 2.29. The van der Waals surface area contributed by atoms with Crippen molar-refractivity contribution < 1.29 is 23.4 Å². The number of hydrogen-bond acceptors (Lipinski definition) is 4. The Morgan fingerprint density at radius 1 is 1.48 bits per heavy atom. The van der Waals surface area contributed by atoms with Gasteiger partial charge in [0.2, 0.25) is 0 Å². The van der Waals surface area contributed by atoms with Gasteiger partial charge < -0.3 is 19.6 Å².